The van der Waals surface area contributed by atoms with Gasteiger partial charge >= 0.3 is 0 Å². The number of carbonyl (C=O) groups excluding carboxylic acids is 2. The first-order chi connectivity index (χ1) is 9.27. The molecule has 1 unspecified atom stereocenters. The molecule has 1 aromatic carbocycles. The van der Waals surface area contributed by atoms with Crippen LogP contribution in [0.3, 0.4) is 0 Å². The summed E-state index contributed by atoms with van der Waals surface area (Å²) < 4.78 is 38.8. The second-order valence-electron chi connectivity index (χ2n) is 4.30. The maximum Gasteiger partial charge on any atom is 0.252 e. The van der Waals surface area contributed by atoms with Crippen LogP contribution >= 0.6 is 0 Å². The van der Waals surface area contributed by atoms with E-state index < -0.39 is 29.4 Å². The van der Waals surface area contributed by atoms with Gasteiger partial charge in [-0.2, -0.15) is 0 Å². The molecule has 0 saturated carbocycles. The van der Waals surface area contributed by atoms with Gasteiger partial charge in [-0.25, -0.2) is 13.2 Å². The summed E-state index contributed by atoms with van der Waals surface area (Å²) in [6.07, 6.45) is 0. The van der Waals surface area contributed by atoms with Gasteiger partial charge in [0.05, 0.1) is 0 Å². The number of nitrogens with one attached hydrogen (secondary N) is 1. The number of nitrogens with zero attached hydrogens (tertiary/aromatic N) is 1. The summed E-state index contributed by atoms with van der Waals surface area (Å²) in [6.45, 7) is 3.67. The number of rotatable bonds is 4. The molecular weight excluding hydrogens is 273 g/mol. The molecule has 2 amide bonds. The minimum atomic E-state index is -1.64. The molecule has 1 N–H and O–H groups in total. The van der Waals surface area contributed by atoms with E-state index in [0.29, 0.717) is 18.7 Å². The van der Waals surface area contributed by atoms with Gasteiger partial charge in [-0.15, -0.1) is 0 Å². The molecule has 0 aromatic heterocycles. The van der Waals surface area contributed by atoms with E-state index in [-0.39, 0.29) is 11.5 Å². The summed E-state index contributed by atoms with van der Waals surface area (Å²) in [7, 11) is 1.56. The van der Waals surface area contributed by atoms with Crippen molar-refractivity contribution in [1.29, 1.82) is 0 Å². The third-order valence-corrected chi connectivity index (χ3v) is 2.81. The van der Waals surface area contributed by atoms with Gasteiger partial charge in [-0.1, -0.05) is 0 Å². The molecule has 0 saturated heterocycles. The van der Waals surface area contributed by atoms with Crippen molar-refractivity contribution < 1.29 is 22.8 Å². The topological polar surface area (TPSA) is 49.4 Å². The van der Waals surface area contributed by atoms with Crippen LogP contribution in [0.5, 0.6) is 0 Å². The molecule has 20 heavy (non-hydrogen) atoms. The Kier molecular flexibility index (Phi) is 5.12. The van der Waals surface area contributed by atoms with E-state index in [2.05, 4.69) is 5.32 Å². The maximum absolute atomic E-state index is 13.0. The zero-order chi connectivity index (χ0) is 15.4. The fourth-order valence-electron chi connectivity index (χ4n) is 1.51. The van der Waals surface area contributed by atoms with Crippen molar-refractivity contribution in [3.63, 3.8) is 0 Å². The predicted octanol–water partition coefficient (Wildman–Crippen LogP) is 1.70. The lowest BCUT2D eigenvalue weighted by Gasteiger charge is -2.20. The Morgan fingerprint density at radius 2 is 1.75 bits per heavy atom. The molecule has 0 aliphatic rings. The fourth-order valence-corrected chi connectivity index (χ4v) is 1.51. The van der Waals surface area contributed by atoms with Gasteiger partial charge < -0.3 is 10.2 Å². The first kappa shape index (κ1) is 16.0. The molecule has 110 valence electrons. The summed E-state index contributed by atoms with van der Waals surface area (Å²) in [6, 6.07) is 0.298. The van der Waals surface area contributed by atoms with Crippen LogP contribution in [0.15, 0.2) is 12.1 Å². The van der Waals surface area contributed by atoms with Crippen LogP contribution < -0.4 is 5.32 Å². The monoisotopic (exact) mass is 288 g/mol. The van der Waals surface area contributed by atoms with Crippen molar-refractivity contribution >= 4 is 11.8 Å². The third kappa shape index (κ3) is 3.49. The molecule has 1 rings (SSSR count). The number of benzene rings is 1. The number of halogens is 3. The van der Waals surface area contributed by atoms with Crippen molar-refractivity contribution in [3.05, 3.63) is 35.1 Å². The molecule has 0 spiro atoms. The standard InChI is InChI=1S/C13H15F3N2O2/c1-4-18(3)13(20)7(2)17-12(19)8-5-9(14)11(16)10(15)6-8/h5-7H,4H2,1-3H3,(H,17,19). The summed E-state index contributed by atoms with van der Waals surface area (Å²) in [5.74, 6) is -5.76. The zero-order valence-electron chi connectivity index (χ0n) is 11.3. The quantitative estimate of drug-likeness (QED) is 0.857. The highest BCUT2D eigenvalue weighted by atomic mass is 19.2. The average Bonchev–Trinajstić information content (AvgIpc) is 2.42. The van der Waals surface area contributed by atoms with Gasteiger partial charge in [0.2, 0.25) is 5.91 Å². The highest BCUT2D eigenvalue weighted by Crippen LogP contribution is 2.13. The normalized spacial score (nSPS) is 11.9. The molecule has 0 fully saturated rings. The Labute approximate surface area is 114 Å². The van der Waals surface area contributed by atoms with Crippen LogP contribution in [-0.2, 0) is 4.79 Å². The lowest BCUT2D eigenvalue weighted by atomic mass is 10.1. The van der Waals surface area contributed by atoms with E-state index in [1.165, 1.54) is 11.8 Å². The number of amides is 2. The molecule has 0 aliphatic heterocycles. The molecule has 7 heteroatoms. The van der Waals surface area contributed by atoms with Crippen molar-refractivity contribution in [3.8, 4) is 0 Å². The smallest absolute Gasteiger partial charge is 0.252 e. The second kappa shape index (κ2) is 6.40. The molecule has 0 radical (unpaired) electrons. The largest absolute Gasteiger partial charge is 0.344 e. The van der Waals surface area contributed by atoms with Crippen LogP contribution in [0.25, 0.3) is 0 Å². The lowest BCUT2D eigenvalue weighted by Crippen LogP contribution is -2.45. The number of likely N-dealkylation sites (N-methyl/N-ethyl adjacent to an activating group) is 1. The van der Waals surface area contributed by atoms with Crippen LogP contribution in [0.2, 0.25) is 0 Å². The van der Waals surface area contributed by atoms with Crippen LogP contribution in [0.1, 0.15) is 24.2 Å². The molecular formula is C13H15F3N2O2. The molecule has 1 atom stereocenters. The Bertz CT molecular complexity index is 511. The highest BCUT2D eigenvalue weighted by molar-refractivity contribution is 5.97. The Balaban J connectivity index is 2.84. The van der Waals surface area contributed by atoms with E-state index in [1.807, 2.05) is 0 Å². The SMILES string of the molecule is CCN(C)C(=O)C(C)NC(=O)c1cc(F)c(F)c(F)c1. The van der Waals surface area contributed by atoms with Crippen molar-refractivity contribution in [2.24, 2.45) is 0 Å². The molecule has 0 bridgehead atoms. The summed E-state index contributed by atoms with van der Waals surface area (Å²) >= 11 is 0. The Morgan fingerprint density at radius 1 is 1.25 bits per heavy atom. The minimum Gasteiger partial charge on any atom is -0.344 e. The summed E-state index contributed by atoms with van der Waals surface area (Å²) in [5, 5.41) is 2.30. The first-order valence-electron chi connectivity index (χ1n) is 5.98. The summed E-state index contributed by atoms with van der Waals surface area (Å²) in [4.78, 5) is 24.9. The minimum absolute atomic E-state index is 0.344. The van der Waals surface area contributed by atoms with Crippen LogP contribution in [0.4, 0.5) is 13.2 Å². The second-order valence-corrected chi connectivity index (χ2v) is 4.30. The van der Waals surface area contributed by atoms with E-state index in [9.17, 15) is 22.8 Å². The zero-order valence-corrected chi connectivity index (χ0v) is 11.3. The van der Waals surface area contributed by atoms with Crippen molar-refractivity contribution in [1.82, 2.24) is 10.2 Å². The Hall–Kier alpha value is -2.05. The number of hydrogen-bond donors (Lipinski definition) is 1. The van der Waals surface area contributed by atoms with Gasteiger partial charge in [-0.05, 0) is 26.0 Å². The first-order valence-corrected chi connectivity index (χ1v) is 5.98. The number of hydrogen-bond acceptors (Lipinski definition) is 2. The van der Waals surface area contributed by atoms with Gasteiger partial charge in [0, 0.05) is 19.2 Å². The van der Waals surface area contributed by atoms with Crippen LogP contribution in [-0.4, -0.2) is 36.3 Å². The molecule has 4 nitrogen and oxygen atoms in total. The number of carbonyl (C=O) groups is 2. The van der Waals surface area contributed by atoms with Gasteiger partial charge in [0.25, 0.3) is 5.91 Å². The Morgan fingerprint density at radius 3 is 2.20 bits per heavy atom. The average molecular weight is 288 g/mol. The summed E-state index contributed by atoms with van der Waals surface area (Å²) in [5.41, 5.74) is -0.389. The maximum atomic E-state index is 13.0. The third-order valence-electron chi connectivity index (χ3n) is 2.81. The van der Waals surface area contributed by atoms with Gasteiger partial charge in [0.15, 0.2) is 17.5 Å². The highest BCUT2D eigenvalue weighted by Gasteiger charge is 2.21. The van der Waals surface area contributed by atoms with Gasteiger partial charge in [0.1, 0.15) is 6.04 Å². The van der Waals surface area contributed by atoms with E-state index in [1.54, 1.807) is 14.0 Å². The molecule has 0 aliphatic carbocycles. The van der Waals surface area contributed by atoms with E-state index in [4.69, 9.17) is 0 Å². The van der Waals surface area contributed by atoms with Crippen molar-refractivity contribution in [2.45, 2.75) is 19.9 Å². The molecule has 1 aromatic rings. The van der Waals surface area contributed by atoms with E-state index >= 15 is 0 Å². The predicted molar refractivity (Wildman–Crippen MR) is 66.6 cm³/mol. The lowest BCUT2D eigenvalue weighted by molar-refractivity contribution is -0.131. The van der Waals surface area contributed by atoms with Crippen LogP contribution in [0, 0.1) is 17.5 Å². The van der Waals surface area contributed by atoms with E-state index in [0.717, 1.165) is 0 Å². The molecule has 0 heterocycles. The fraction of sp³-hybridized carbons (Fsp3) is 0.385. The van der Waals surface area contributed by atoms with Gasteiger partial charge in [-0.3, -0.25) is 9.59 Å². The van der Waals surface area contributed by atoms with Crippen molar-refractivity contribution in [2.75, 3.05) is 13.6 Å².